The fraction of sp³-hybridized carbons (Fsp3) is 0. The van der Waals surface area contributed by atoms with E-state index < -0.39 is 17.5 Å². The number of anilines is 1. The minimum Gasteiger partial charge on any atom is -0.508 e. The Labute approximate surface area is 90.5 Å². The van der Waals surface area contributed by atoms with Crippen LogP contribution in [0.15, 0.2) is 36.0 Å². The van der Waals surface area contributed by atoms with Crippen LogP contribution in [0.25, 0.3) is 0 Å². The van der Waals surface area contributed by atoms with Crippen LogP contribution < -0.4 is 5.32 Å². The van der Waals surface area contributed by atoms with Gasteiger partial charge in [-0.2, -0.15) is 0 Å². The van der Waals surface area contributed by atoms with Gasteiger partial charge in [0.05, 0.1) is 0 Å². The molecule has 0 fully saturated rings. The SMILES string of the molecule is O=C(O)C(=CNc1ccc(O)cc1)C(=O)O. The molecule has 1 aromatic carbocycles. The van der Waals surface area contributed by atoms with Gasteiger partial charge in [-0.1, -0.05) is 0 Å². The zero-order valence-electron chi connectivity index (χ0n) is 8.04. The van der Waals surface area contributed by atoms with Gasteiger partial charge in [-0.05, 0) is 24.3 Å². The highest BCUT2D eigenvalue weighted by Crippen LogP contribution is 2.13. The van der Waals surface area contributed by atoms with Gasteiger partial charge in [-0.3, -0.25) is 0 Å². The van der Waals surface area contributed by atoms with E-state index in [2.05, 4.69) is 5.32 Å². The molecule has 0 aliphatic carbocycles. The Bertz CT molecular complexity index is 419. The maximum Gasteiger partial charge on any atom is 0.344 e. The molecule has 0 saturated carbocycles. The van der Waals surface area contributed by atoms with Gasteiger partial charge in [0.25, 0.3) is 0 Å². The molecule has 0 aliphatic heterocycles. The predicted octanol–water partition coefficient (Wildman–Crippen LogP) is 0.857. The van der Waals surface area contributed by atoms with Crippen LogP contribution >= 0.6 is 0 Å². The Hall–Kier alpha value is -2.50. The number of hydrogen-bond acceptors (Lipinski definition) is 4. The van der Waals surface area contributed by atoms with E-state index in [-0.39, 0.29) is 5.75 Å². The molecule has 4 N–H and O–H groups in total. The molecule has 0 heterocycles. The largest absolute Gasteiger partial charge is 0.508 e. The summed E-state index contributed by atoms with van der Waals surface area (Å²) in [6, 6.07) is 5.73. The lowest BCUT2D eigenvalue weighted by atomic mass is 10.3. The molecule has 84 valence electrons. The highest BCUT2D eigenvalue weighted by Gasteiger charge is 2.15. The molecule has 0 aromatic heterocycles. The summed E-state index contributed by atoms with van der Waals surface area (Å²) in [4.78, 5) is 21.0. The first-order valence-electron chi connectivity index (χ1n) is 4.23. The number of carboxylic acids is 2. The third kappa shape index (κ3) is 3.02. The molecule has 0 saturated heterocycles. The van der Waals surface area contributed by atoms with Crippen molar-refractivity contribution in [2.24, 2.45) is 0 Å². The number of aliphatic carboxylic acids is 2. The maximum absolute atomic E-state index is 10.5. The van der Waals surface area contributed by atoms with E-state index in [1.807, 2.05) is 0 Å². The van der Waals surface area contributed by atoms with Crippen molar-refractivity contribution in [1.82, 2.24) is 0 Å². The van der Waals surface area contributed by atoms with Crippen LogP contribution in [-0.2, 0) is 9.59 Å². The lowest BCUT2D eigenvalue weighted by molar-refractivity contribution is -0.140. The molecular formula is C10H9NO5. The average molecular weight is 223 g/mol. The molecular weight excluding hydrogens is 214 g/mol. The van der Waals surface area contributed by atoms with Gasteiger partial charge >= 0.3 is 11.9 Å². The van der Waals surface area contributed by atoms with E-state index in [0.29, 0.717) is 5.69 Å². The number of benzene rings is 1. The zero-order valence-corrected chi connectivity index (χ0v) is 8.04. The normalized spacial score (nSPS) is 9.25. The quantitative estimate of drug-likeness (QED) is 0.261. The van der Waals surface area contributed by atoms with Gasteiger partial charge in [0.2, 0.25) is 0 Å². The summed E-state index contributed by atoms with van der Waals surface area (Å²) in [5, 5.41) is 28.6. The lowest BCUT2D eigenvalue weighted by Crippen LogP contribution is -2.12. The zero-order chi connectivity index (χ0) is 12.1. The van der Waals surface area contributed by atoms with Gasteiger partial charge in [0.1, 0.15) is 5.75 Å². The van der Waals surface area contributed by atoms with Crippen LogP contribution in [0, 0.1) is 0 Å². The van der Waals surface area contributed by atoms with Crippen molar-refractivity contribution < 1.29 is 24.9 Å². The Kier molecular flexibility index (Phi) is 3.49. The Balaban J connectivity index is 2.81. The molecule has 0 atom stereocenters. The van der Waals surface area contributed by atoms with Crippen molar-refractivity contribution in [3.05, 3.63) is 36.0 Å². The highest BCUT2D eigenvalue weighted by molar-refractivity contribution is 6.12. The van der Waals surface area contributed by atoms with Crippen LogP contribution in [0.1, 0.15) is 0 Å². The van der Waals surface area contributed by atoms with E-state index in [0.717, 1.165) is 6.20 Å². The molecule has 0 bridgehead atoms. The van der Waals surface area contributed by atoms with Crippen molar-refractivity contribution in [1.29, 1.82) is 0 Å². The number of aromatic hydroxyl groups is 1. The van der Waals surface area contributed by atoms with E-state index >= 15 is 0 Å². The molecule has 0 radical (unpaired) electrons. The van der Waals surface area contributed by atoms with Gasteiger partial charge in [0.15, 0.2) is 5.57 Å². The van der Waals surface area contributed by atoms with Gasteiger partial charge in [-0.25, -0.2) is 9.59 Å². The summed E-state index contributed by atoms with van der Waals surface area (Å²) in [6.07, 6.45) is 0.872. The van der Waals surface area contributed by atoms with Crippen molar-refractivity contribution in [2.45, 2.75) is 0 Å². The number of carbonyl (C=O) groups is 2. The number of nitrogens with one attached hydrogen (secondary N) is 1. The number of hydrogen-bond donors (Lipinski definition) is 4. The molecule has 0 aliphatic rings. The monoisotopic (exact) mass is 223 g/mol. The first-order chi connectivity index (χ1) is 7.50. The van der Waals surface area contributed by atoms with E-state index in [4.69, 9.17) is 15.3 Å². The Morgan fingerprint density at radius 3 is 2.00 bits per heavy atom. The summed E-state index contributed by atoms with van der Waals surface area (Å²) in [7, 11) is 0. The summed E-state index contributed by atoms with van der Waals surface area (Å²) in [5.74, 6) is -3.00. The number of phenols is 1. The number of rotatable bonds is 4. The smallest absolute Gasteiger partial charge is 0.344 e. The van der Waals surface area contributed by atoms with E-state index in [9.17, 15) is 9.59 Å². The molecule has 1 aromatic rings. The Morgan fingerprint density at radius 1 is 1.06 bits per heavy atom. The highest BCUT2D eigenvalue weighted by atomic mass is 16.4. The number of phenolic OH excluding ortho intramolecular Hbond substituents is 1. The minimum absolute atomic E-state index is 0.0613. The summed E-state index contributed by atoms with van der Waals surface area (Å²) in [6.45, 7) is 0. The predicted molar refractivity (Wildman–Crippen MR) is 55.1 cm³/mol. The lowest BCUT2D eigenvalue weighted by Gasteiger charge is -2.01. The Morgan fingerprint density at radius 2 is 1.56 bits per heavy atom. The standard InChI is InChI=1S/C10H9NO5/c12-7-3-1-6(2-4-7)11-5-8(9(13)14)10(15)16/h1-5,11-12H,(H,13,14)(H,15,16). The fourth-order valence-corrected chi connectivity index (χ4v) is 0.928. The second-order valence-corrected chi connectivity index (χ2v) is 2.86. The minimum atomic E-state index is -1.53. The molecule has 0 spiro atoms. The summed E-state index contributed by atoms with van der Waals surface area (Å²) in [5.41, 5.74) is -0.300. The van der Waals surface area contributed by atoms with Crippen LogP contribution in [0.3, 0.4) is 0 Å². The molecule has 6 nitrogen and oxygen atoms in total. The van der Waals surface area contributed by atoms with E-state index in [1.165, 1.54) is 24.3 Å². The summed E-state index contributed by atoms with van der Waals surface area (Å²) >= 11 is 0. The topological polar surface area (TPSA) is 107 Å². The maximum atomic E-state index is 10.5. The third-order valence-electron chi connectivity index (χ3n) is 1.71. The third-order valence-corrected chi connectivity index (χ3v) is 1.71. The van der Waals surface area contributed by atoms with Crippen LogP contribution in [0.5, 0.6) is 5.75 Å². The van der Waals surface area contributed by atoms with Gasteiger partial charge in [-0.15, -0.1) is 0 Å². The second-order valence-electron chi connectivity index (χ2n) is 2.86. The molecule has 16 heavy (non-hydrogen) atoms. The van der Waals surface area contributed by atoms with Gasteiger partial charge < -0.3 is 20.6 Å². The van der Waals surface area contributed by atoms with Crippen LogP contribution in [-0.4, -0.2) is 27.3 Å². The molecule has 6 heteroatoms. The summed E-state index contributed by atoms with van der Waals surface area (Å²) < 4.78 is 0. The first kappa shape index (κ1) is 11.6. The molecule has 0 unspecified atom stereocenters. The van der Waals surface area contributed by atoms with Crippen molar-refractivity contribution in [2.75, 3.05) is 5.32 Å². The fourth-order valence-electron chi connectivity index (χ4n) is 0.928. The van der Waals surface area contributed by atoms with Crippen LogP contribution in [0.4, 0.5) is 5.69 Å². The van der Waals surface area contributed by atoms with Crippen molar-refractivity contribution >= 4 is 17.6 Å². The van der Waals surface area contributed by atoms with Crippen molar-refractivity contribution in [3.8, 4) is 5.75 Å². The number of carboxylic acid groups (broad SMARTS) is 2. The van der Waals surface area contributed by atoms with Crippen molar-refractivity contribution in [3.63, 3.8) is 0 Å². The van der Waals surface area contributed by atoms with Crippen LogP contribution in [0.2, 0.25) is 0 Å². The van der Waals surface area contributed by atoms with Gasteiger partial charge in [0, 0.05) is 11.9 Å². The molecule has 1 rings (SSSR count). The average Bonchev–Trinajstić information content (AvgIpc) is 2.20. The second kappa shape index (κ2) is 4.83. The van der Waals surface area contributed by atoms with E-state index in [1.54, 1.807) is 0 Å². The molecule has 0 amide bonds. The first-order valence-corrected chi connectivity index (χ1v) is 4.23.